The molecule has 0 amide bonds. The van der Waals surface area contributed by atoms with Gasteiger partial charge in [0.2, 0.25) is 0 Å². The second-order valence-corrected chi connectivity index (χ2v) is 5.73. The normalized spacial score (nSPS) is 25.3. The maximum Gasteiger partial charge on any atom is 0.124 e. The van der Waals surface area contributed by atoms with Crippen molar-refractivity contribution in [2.75, 3.05) is 6.61 Å². The van der Waals surface area contributed by atoms with Crippen LogP contribution in [0.5, 0.6) is 0 Å². The number of hydrogen-bond acceptors (Lipinski definition) is 2. The molecule has 3 atom stereocenters. The highest BCUT2D eigenvalue weighted by Gasteiger charge is 2.31. The summed E-state index contributed by atoms with van der Waals surface area (Å²) < 4.78 is 19.5. The maximum atomic E-state index is 13.0. The Hall–Kier alpha value is -0.450. The molecule has 18 heavy (non-hydrogen) atoms. The Morgan fingerprint density at radius 1 is 1.56 bits per heavy atom. The van der Waals surface area contributed by atoms with Crippen molar-refractivity contribution in [2.24, 2.45) is 11.7 Å². The van der Waals surface area contributed by atoms with Crippen molar-refractivity contribution < 1.29 is 9.13 Å². The number of rotatable bonds is 4. The lowest BCUT2D eigenvalue weighted by molar-refractivity contribution is 0.0814. The summed E-state index contributed by atoms with van der Waals surface area (Å²) in [6.07, 6.45) is 3.06. The summed E-state index contributed by atoms with van der Waals surface area (Å²) in [7, 11) is 0. The van der Waals surface area contributed by atoms with E-state index in [4.69, 9.17) is 10.5 Å². The van der Waals surface area contributed by atoms with Crippen molar-refractivity contribution in [3.63, 3.8) is 0 Å². The van der Waals surface area contributed by atoms with Crippen LogP contribution in [-0.4, -0.2) is 18.8 Å². The van der Waals surface area contributed by atoms with Crippen molar-refractivity contribution in [3.8, 4) is 0 Å². The molecule has 1 fully saturated rings. The van der Waals surface area contributed by atoms with Crippen LogP contribution in [-0.2, 0) is 11.2 Å². The van der Waals surface area contributed by atoms with Gasteiger partial charge in [0.05, 0.1) is 6.10 Å². The Morgan fingerprint density at radius 2 is 2.33 bits per heavy atom. The van der Waals surface area contributed by atoms with Crippen LogP contribution in [0.25, 0.3) is 0 Å². The van der Waals surface area contributed by atoms with E-state index < -0.39 is 0 Å². The quantitative estimate of drug-likeness (QED) is 0.925. The molecule has 1 saturated heterocycles. The third kappa shape index (κ3) is 3.11. The molecule has 1 heterocycles. The molecule has 2 N–H and O–H groups in total. The largest absolute Gasteiger partial charge is 0.378 e. The highest BCUT2D eigenvalue weighted by atomic mass is 79.9. The summed E-state index contributed by atoms with van der Waals surface area (Å²) >= 11 is 3.39. The van der Waals surface area contributed by atoms with Crippen LogP contribution in [0.3, 0.4) is 0 Å². The zero-order valence-electron chi connectivity index (χ0n) is 10.5. The lowest BCUT2D eigenvalue weighted by atomic mass is 9.88. The number of nitrogens with two attached hydrogens (primary N) is 1. The molecule has 0 aromatic heterocycles. The molecule has 3 unspecified atom stereocenters. The van der Waals surface area contributed by atoms with E-state index in [0.29, 0.717) is 5.92 Å². The molecule has 1 aliphatic rings. The highest BCUT2D eigenvalue weighted by Crippen LogP contribution is 2.28. The maximum absolute atomic E-state index is 13.0. The molecule has 0 spiro atoms. The number of ether oxygens (including phenoxy) is 1. The van der Waals surface area contributed by atoms with Gasteiger partial charge in [-0.2, -0.15) is 0 Å². The first kappa shape index (κ1) is 14.0. The fourth-order valence-electron chi connectivity index (χ4n) is 2.67. The van der Waals surface area contributed by atoms with Gasteiger partial charge in [0.25, 0.3) is 0 Å². The van der Waals surface area contributed by atoms with Gasteiger partial charge >= 0.3 is 0 Å². The van der Waals surface area contributed by atoms with Crippen LogP contribution in [0, 0.1) is 11.7 Å². The Balaban J connectivity index is 2.04. The molecule has 100 valence electrons. The standard InChI is InChI=1S/C14H19BrFNO/c1-2-14-11(5-6-18-14)13(17)7-9-3-4-10(16)8-12(9)15/h3-4,8,11,13-14H,2,5-7,17H2,1H3. The number of halogens is 2. The molecule has 2 nitrogen and oxygen atoms in total. The van der Waals surface area contributed by atoms with Gasteiger partial charge in [0.15, 0.2) is 0 Å². The van der Waals surface area contributed by atoms with E-state index in [2.05, 4.69) is 22.9 Å². The zero-order chi connectivity index (χ0) is 13.1. The molecule has 1 aromatic carbocycles. The third-order valence-electron chi connectivity index (χ3n) is 3.68. The smallest absolute Gasteiger partial charge is 0.124 e. The monoisotopic (exact) mass is 315 g/mol. The summed E-state index contributed by atoms with van der Waals surface area (Å²) in [6.45, 7) is 2.94. The molecule has 4 heteroatoms. The summed E-state index contributed by atoms with van der Waals surface area (Å²) in [5.41, 5.74) is 7.35. The lowest BCUT2D eigenvalue weighted by Gasteiger charge is -2.24. The van der Waals surface area contributed by atoms with Crippen LogP contribution in [0.2, 0.25) is 0 Å². The summed E-state index contributed by atoms with van der Waals surface area (Å²) in [5, 5.41) is 0. The first-order chi connectivity index (χ1) is 8.61. The molecule has 0 radical (unpaired) electrons. The van der Waals surface area contributed by atoms with Gasteiger partial charge in [-0.15, -0.1) is 0 Å². The molecule has 2 rings (SSSR count). The van der Waals surface area contributed by atoms with Gasteiger partial charge in [-0.3, -0.25) is 0 Å². The van der Waals surface area contributed by atoms with Crippen molar-refractivity contribution >= 4 is 15.9 Å². The molecule has 1 aliphatic heterocycles. The van der Waals surface area contributed by atoms with Crippen molar-refractivity contribution in [1.82, 2.24) is 0 Å². The molecule has 0 bridgehead atoms. The second-order valence-electron chi connectivity index (χ2n) is 4.87. The SMILES string of the molecule is CCC1OCCC1C(N)Cc1ccc(F)cc1Br. The first-order valence-corrected chi connectivity index (χ1v) is 7.22. The van der Waals surface area contributed by atoms with Gasteiger partial charge < -0.3 is 10.5 Å². The van der Waals surface area contributed by atoms with Gasteiger partial charge in [-0.1, -0.05) is 28.9 Å². The minimum Gasteiger partial charge on any atom is -0.378 e. The Labute approximate surface area is 116 Å². The number of benzene rings is 1. The van der Waals surface area contributed by atoms with E-state index >= 15 is 0 Å². The topological polar surface area (TPSA) is 35.2 Å². The van der Waals surface area contributed by atoms with E-state index in [9.17, 15) is 4.39 Å². The van der Waals surface area contributed by atoms with E-state index in [1.165, 1.54) is 12.1 Å². The van der Waals surface area contributed by atoms with E-state index in [1.807, 2.05) is 0 Å². The van der Waals surface area contributed by atoms with E-state index in [1.54, 1.807) is 6.07 Å². The molecular weight excluding hydrogens is 297 g/mol. The molecule has 0 saturated carbocycles. The van der Waals surface area contributed by atoms with Crippen LogP contribution in [0.4, 0.5) is 4.39 Å². The average molecular weight is 316 g/mol. The highest BCUT2D eigenvalue weighted by molar-refractivity contribution is 9.10. The van der Waals surface area contributed by atoms with Gasteiger partial charge in [0, 0.05) is 23.0 Å². The summed E-state index contributed by atoms with van der Waals surface area (Å²) in [5.74, 6) is 0.182. The first-order valence-electron chi connectivity index (χ1n) is 6.43. The van der Waals surface area contributed by atoms with E-state index in [0.717, 1.165) is 35.9 Å². The average Bonchev–Trinajstić information content (AvgIpc) is 2.81. The van der Waals surface area contributed by atoms with Crippen LogP contribution in [0.15, 0.2) is 22.7 Å². The number of hydrogen-bond donors (Lipinski definition) is 1. The Bertz CT molecular complexity index is 413. The predicted molar refractivity (Wildman–Crippen MR) is 73.9 cm³/mol. The van der Waals surface area contributed by atoms with Crippen LogP contribution < -0.4 is 5.73 Å². The Kier molecular flexibility index (Phi) is 4.76. The fraction of sp³-hybridized carbons (Fsp3) is 0.571. The minimum absolute atomic E-state index is 0.0687. The van der Waals surface area contributed by atoms with E-state index in [-0.39, 0.29) is 18.0 Å². The summed E-state index contributed by atoms with van der Waals surface area (Å²) in [4.78, 5) is 0. The lowest BCUT2D eigenvalue weighted by Crippen LogP contribution is -2.37. The predicted octanol–water partition coefficient (Wildman–Crippen LogP) is 3.27. The van der Waals surface area contributed by atoms with Gasteiger partial charge in [-0.05, 0) is 37.0 Å². The molecular formula is C14H19BrFNO. The second kappa shape index (κ2) is 6.13. The summed E-state index contributed by atoms with van der Waals surface area (Å²) in [6, 6.07) is 4.84. The van der Waals surface area contributed by atoms with Crippen molar-refractivity contribution in [2.45, 2.75) is 38.3 Å². The third-order valence-corrected chi connectivity index (χ3v) is 4.42. The molecule has 1 aromatic rings. The van der Waals surface area contributed by atoms with Crippen molar-refractivity contribution in [3.05, 3.63) is 34.1 Å². The Morgan fingerprint density at radius 3 is 3.00 bits per heavy atom. The fourth-order valence-corrected chi connectivity index (χ4v) is 3.18. The van der Waals surface area contributed by atoms with Gasteiger partial charge in [-0.25, -0.2) is 4.39 Å². The zero-order valence-corrected chi connectivity index (χ0v) is 12.1. The van der Waals surface area contributed by atoms with Gasteiger partial charge in [0.1, 0.15) is 5.82 Å². The van der Waals surface area contributed by atoms with Crippen molar-refractivity contribution in [1.29, 1.82) is 0 Å². The minimum atomic E-state index is -0.227. The van der Waals surface area contributed by atoms with Crippen LogP contribution in [0.1, 0.15) is 25.3 Å². The van der Waals surface area contributed by atoms with Crippen LogP contribution >= 0.6 is 15.9 Å². The molecule has 0 aliphatic carbocycles.